The molecule has 1 N–H and O–H groups in total. The highest BCUT2D eigenvalue weighted by atomic mass is 32.1. The van der Waals surface area contributed by atoms with Gasteiger partial charge in [0.1, 0.15) is 5.01 Å². The van der Waals surface area contributed by atoms with E-state index in [4.69, 9.17) is 0 Å². The fourth-order valence-electron chi connectivity index (χ4n) is 2.34. The quantitative estimate of drug-likeness (QED) is 0.929. The van der Waals surface area contributed by atoms with Gasteiger partial charge in [-0.2, -0.15) is 0 Å². The van der Waals surface area contributed by atoms with Crippen LogP contribution in [0.5, 0.6) is 0 Å². The molecule has 1 saturated heterocycles. The average molecular weight is 275 g/mol. The number of nitrogens with zero attached hydrogens (tertiary/aromatic N) is 3. The first-order valence-corrected chi connectivity index (χ1v) is 7.37. The van der Waals surface area contributed by atoms with Crippen LogP contribution in [0.25, 0.3) is 10.7 Å². The van der Waals surface area contributed by atoms with E-state index in [2.05, 4.69) is 20.2 Å². The number of pyridine rings is 1. The van der Waals surface area contributed by atoms with Crippen LogP contribution in [-0.2, 0) is 6.54 Å². The van der Waals surface area contributed by atoms with Gasteiger partial charge in [-0.1, -0.05) is 13.0 Å². The fraction of sp³-hybridized carbons (Fsp3) is 0.429. The van der Waals surface area contributed by atoms with Crippen LogP contribution in [-0.4, -0.2) is 38.7 Å². The lowest BCUT2D eigenvalue weighted by Gasteiger charge is -2.45. The summed E-state index contributed by atoms with van der Waals surface area (Å²) in [4.78, 5) is 11.1. The summed E-state index contributed by atoms with van der Waals surface area (Å²) in [5.74, 6) is 0. The summed E-state index contributed by atoms with van der Waals surface area (Å²) < 4.78 is 0. The van der Waals surface area contributed by atoms with Crippen molar-refractivity contribution in [1.82, 2.24) is 14.9 Å². The summed E-state index contributed by atoms with van der Waals surface area (Å²) >= 11 is 1.62. The predicted molar refractivity (Wildman–Crippen MR) is 75.9 cm³/mol. The van der Waals surface area contributed by atoms with Crippen LogP contribution in [0.3, 0.4) is 0 Å². The van der Waals surface area contributed by atoms with Gasteiger partial charge in [0.2, 0.25) is 0 Å². The van der Waals surface area contributed by atoms with E-state index in [1.165, 1.54) is 0 Å². The zero-order valence-electron chi connectivity index (χ0n) is 10.9. The third-order valence-corrected chi connectivity index (χ3v) is 4.43. The molecule has 1 aliphatic heterocycles. The molecule has 19 heavy (non-hydrogen) atoms. The summed E-state index contributed by atoms with van der Waals surface area (Å²) in [5, 5.41) is 13.0. The Kier molecular flexibility index (Phi) is 3.35. The Labute approximate surface area is 116 Å². The Balaban J connectivity index is 1.64. The molecule has 3 rings (SSSR count). The normalized spacial score (nSPS) is 18.2. The van der Waals surface area contributed by atoms with E-state index in [1.807, 2.05) is 25.1 Å². The molecular formula is C14H17N3OS. The van der Waals surface area contributed by atoms with Crippen LogP contribution >= 0.6 is 11.3 Å². The predicted octanol–water partition coefficient (Wildman–Crippen LogP) is 2.16. The molecule has 2 aromatic heterocycles. The molecule has 4 nitrogen and oxygen atoms in total. The van der Waals surface area contributed by atoms with Crippen LogP contribution in [0.2, 0.25) is 0 Å². The highest BCUT2D eigenvalue weighted by Crippen LogP contribution is 2.27. The minimum absolute atomic E-state index is 0.472. The number of likely N-dealkylation sites (tertiary alicyclic amines) is 1. The van der Waals surface area contributed by atoms with Crippen molar-refractivity contribution >= 4 is 11.3 Å². The van der Waals surface area contributed by atoms with Gasteiger partial charge < -0.3 is 5.11 Å². The van der Waals surface area contributed by atoms with Gasteiger partial charge >= 0.3 is 0 Å². The average Bonchev–Trinajstić information content (AvgIpc) is 2.86. The van der Waals surface area contributed by atoms with Crippen molar-refractivity contribution in [3.05, 3.63) is 35.5 Å². The van der Waals surface area contributed by atoms with E-state index in [-0.39, 0.29) is 0 Å². The van der Waals surface area contributed by atoms with Gasteiger partial charge in [-0.15, -0.1) is 11.3 Å². The molecule has 0 saturated carbocycles. The molecule has 5 heteroatoms. The SMILES string of the molecule is CCC1(O)CN(Cc2csc(-c3ccccn3)n2)C1. The molecule has 0 aliphatic carbocycles. The lowest BCUT2D eigenvalue weighted by molar-refractivity contribution is -0.103. The summed E-state index contributed by atoms with van der Waals surface area (Å²) in [6.45, 7) is 4.34. The molecule has 0 aromatic carbocycles. The van der Waals surface area contributed by atoms with Crippen molar-refractivity contribution in [2.45, 2.75) is 25.5 Å². The summed E-state index contributed by atoms with van der Waals surface area (Å²) in [5.41, 5.74) is 1.51. The summed E-state index contributed by atoms with van der Waals surface area (Å²) in [7, 11) is 0. The highest BCUT2D eigenvalue weighted by Gasteiger charge is 2.39. The van der Waals surface area contributed by atoms with Crippen molar-refractivity contribution in [2.24, 2.45) is 0 Å². The van der Waals surface area contributed by atoms with Crippen LogP contribution in [0.4, 0.5) is 0 Å². The zero-order valence-corrected chi connectivity index (χ0v) is 11.7. The Bertz CT molecular complexity index is 549. The van der Waals surface area contributed by atoms with E-state index in [0.29, 0.717) is 0 Å². The van der Waals surface area contributed by atoms with E-state index in [0.717, 1.165) is 42.5 Å². The molecule has 0 spiro atoms. The lowest BCUT2D eigenvalue weighted by atomic mass is 9.91. The Morgan fingerprint density at radius 3 is 2.95 bits per heavy atom. The van der Waals surface area contributed by atoms with Crippen LogP contribution < -0.4 is 0 Å². The number of thiazole rings is 1. The van der Waals surface area contributed by atoms with Crippen molar-refractivity contribution in [3.63, 3.8) is 0 Å². The lowest BCUT2D eigenvalue weighted by Crippen LogP contribution is -2.60. The van der Waals surface area contributed by atoms with Gasteiger partial charge in [0, 0.05) is 31.2 Å². The number of hydrogen-bond donors (Lipinski definition) is 1. The smallest absolute Gasteiger partial charge is 0.142 e. The van der Waals surface area contributed by atoms with Crippen molar-refractivity contribution in [2.75, 3.05) is 13.1 Å². The summed E-state index contributed by atoms with van der Waals surface area (Å²) in [6, 6.07) is 5.85. The van der Waals surface area contributed by atoms with Crippen molar-refractivity contribution in [1.29, 1.82) is 0 Å². The molecule has 2 aromatic rings. The maximum Gasteiger partial charge on any atom is 0.142 e. The standard InChI is InChI=1S/C14H17N3OS/c1-2-14(18)9-17(10-14)7-11-8-19-13(16-11)12-5-3-4-6-15-12/h3-6,8,18H,2,7,9-10H2,1H3. The van der Waals surface area contributed by atoms with Gasteiger partial charge in [0.25, 0.3) is 0 Å². The van der Waals surface area contributed by atoms with Crippen LogP contribution in [0.1, 0.15) is 19.0 Å². The fourth-order valence-corrected chi connectivity index (χ4v) is 3.12. The number of hydrogen-bond acceptors (Lipinski definition) is 5. The third-order valence-electron chi connectivity index (χ3n) is 3.52. The molecule has 1 fully saturated rings. The van der Waals surface area contributed by atoms with Gasteiger partial charge in [0.15, 0.2) is 0 Å². The summed E-state index contributed by atoms with van der Waals surface area (Å²) in [6.07, 6.45) is 2.60. The van der Waals surface area contributed by atoms with Crippen molar-refractivity contribution < 1.29 is 5.11 Å². The van der Waals surface area contributed by atoms with Crippen LogP contribution in [0, 0.1) is 0 Å². The Hall–Kier alpha value is -1.30. The molecule has 0 unspecified atom stereocenters. The maximum atomic E-state index is 9.98. The molecule has 1 aliphatic rings. The minimum atomic E-state index is -0.472. The van der Waals surface area contributed by atoms with E-state index >= 15 is 0 Å². The van der Waals surface area contributed by atoms with E-state index in [1.54, 1.807) is 17.5 Å². The second-order valence-electron chi connectivity index (χ2n) is 5.08. The number of aliphatic hydroxyl groups is 1. The second-order valence-corrected chi connectivity index (χ2v) is 5.94. The zero-order chi connectivity index (χ0) is 13.3. The largest absolute Gasteiger partial charge is 0.387 e. The second kappa shape index (κ2) is 5.00. The Morgan fingerprint density at radius 2 is 2.26 bits per heavy atom. The monoisotopic (exact) mass is 275 g/mol. The van der Waals surface area contributed by atoms with Gasteiger partial charge in [-0.05, 0) is 18.6 Å². The van der Waals surface area contributed by atoms with Gasteiger partial charge in [-0.3, -0.25) is 9.88 Å². The first kappa shape index (κ1) is 12.7. The molecule has 0 bridgehead atoms. The highest BCUT2D eigenvalue weighted by molar-refractivity contribution is 7.13. The Morgan fingerprint density at radius 1 is 1.42 bits per heavy atom. The van der Waals surface area contributed by atoms with Gasteiger partial charge in [-0.25, -0.2) is 4.98 Å². The first-order valence-electron chi connectivity index (χ1n) is 6.49. The van der Waals surface area contributed by atoms with Crippen LogP contribution in [0.15, 0.2) is 29.8 Å². The molecule has 0 amide bonds. The molecule has 3 heterocycles. The van der Waals surface area contributed by atoms with E-state index < -0.39 is 5.60 Å². The molecule has 0 radical (unpaired) electrons. The number of β-amino-alcohol motifs (C(OH)–C–C–N with tert-alkyl or cyclic N) is 1. The number of rotatable bonds is 4. The van der Waals surface area contributed by atoms with Crippen molar-refractivity contribution in [3.8, 4) is 10.7 Å². The third kappa shape index (κ3) is 2.68. The first-order chi connectivity index (χ1) is 9.18. The molecule has 0 atom stereocenters. The van der Waals surface area contributed by atoms with E-state index in [9.17, 15) is 5.11 Å². The molecule has 100 valence electrons. The molecular weight excluding hydrogens is 258 g/mol. The van der Waals surface area contributed by atoms with Gasteiger partial charge in [0.05, 0.1) is 17.0 Å². The number of aromatic nitrogens is 2. The minimum Gasteiger partial charge on any atom is -0.387 e. The maximum absolute atomic E-state index is 9.98. The topological polar surface area (TPSA) is 49.2 Å².